The van der Waals surface area contributed by atoms with Gasteiger partial charge in [-0.05, 0) is 67.3 Å². The van der Waals surface area contributed by atoms with Crippen LogP contribution in [-0.2, 0) is 9.47 Å². The summed E-state index contributed by atoms with van der Waals surface area (Å²) in [7, 11) is 1.32. The molecule has 0 radical (unpaired) electrons. The van der Waals surface area contributed by atoms with Gasteiger partial charge in [-0.3, -0.25) is 0 Å². The fraction of sp³-hybridized carbons (Fsp3) is 0.324. The average molecular weight is 609 g/mol. The first-order valence-electron chi connectivity index (χ1n) is 15.2. The Kier molecular flexibility index (Phi) is 9.14. The van der Waals surface area contributed by atoms with Gasteiger partial charge in [0.25, 0.3) is 0 Å². The number of likely N-dealkylation sites (tertiary alicyclic amines) is 1. The molecule has 4 aromatic carbocycles. The number of hydrogen-bond donors (Lipinski definition) is 1. The van der Waals surface area contributed by atoms with Crippen molar-refractivity contribution in [2.45, 2.75) is 51.3 Å². The first-order valence-corrected chi connectivity index (χ1v) is 15.2. The zero-order chi connectivity index (χ0) is 32.3. The van der Waals surface area contributed by atoms with Crippen LogP contribution < -0.4 is 0 Å². The molecule has 8 heteroatoms. The Labute approximate surface area is 264 Å². The second kappa shape index (κ2) is 13.0. The van der Waals surface area contributed by atoms with Gasteiger partial charge >= 0.3 is 18.2 Å². The van der Waals surface area contributed by atoms with Crippen LogP contribution in [0.5, 0.6) is 0 Å². The van der Waals surface area contributed by atoms with Crippen LogP contribution in [0.3, 0.4) is 0 Å². The fourth-order valence-corrected chi connectivity index (χ4v) is 6.47. The quantitative estimate of drug-likeness (QED) is 0.213. The van der Waals surface area contributed by atoms with E-state index in [0.29, 0.717) is 5.56 Å². The number of fused-ring (bicyclic) bond motifs is 1. The SMILES string of the molecule is COC(=O)c1ccc(C2[C@@H](CN(C(=O)OC(C)(C)C)[C@H](C)c3cccc4ccccc34)[C@@H](c3ccccc3)CN2C(=O)O)cc1. The molecule has 1 aliphatic heterocycles. The van der Waals surface area contributed by atoms with E-state index in [1.807, 2.05) is 94.4 Å². The predicted octanol–water partition coefficient (Wildman–Crippen LogP) is 8.06. The molecule has 0 bridgehead atoms. The summed E-state index contributed by atoms with van der Waals surface area (Å²) in [6.07, 6.45) is -1.52. The van der Waals surface area contributed by atoms with E-state index in [1.165, 1.54) is 12.0 Å². The van der Waals surface area contributed by atoms with Crippen molar-refractivity contribution < 1.29 is 29.0 Å². The molecule has 4 atom stereocenters. The van der Waals surface area contributed by atoms with Crippen LogP contribution in [0.2, 0.25) is 0 Å². The molecule has 234 valence electrons. The standard InChI is InChI=1S/C37H40N2O6/c1-24(29-17-11-15-25-14-9-10-16-30(25)29)38(36(43)45-37(2,3)4)23-32-31(26-12-7-6-8-13-26)22-39(35(41)42)33(32)27-18-20-28(21-19-27)34(40)44-5/h6-21,24,31-33H,22-23H2,1-5H3,(H,41,42)/t24-,31-,32+,33?/m1/s1. The second-order valence-corrected chi connectivity index (χ2v) is 12.6. The van der Waals surface area contributed by atoms with Crippen molar-refractivity contribution in [1.82, 2.24) is 9.80 Å². The normalized spacial score (nSPS) is 18.8. The Balaban J connectivity index is 1.63. The van der Waals surface area contributed by atoms with Crippen molar-refractivity contribution >= 4 is 28.9 Å². The van der Waals surface area contributed by atoms with Crippen LogP contribution in [0, 0.1) is 5.92 Å². The Morgan fingerprint density at radius 3 is 2.18 bits per heavy atom. The largest absolute Gasteiger partial charge is 0.465 e. The Hall–Kier alpha value is -4.85. The highest BCUT2D eigenvalue weighted by Gasteiger charge is 2.47. The number of nitrogens with zero attached hydrogens (tertiary/aromatic N) is 2. The van der Waals surface area contributed by atoms with Gasteiger partial charge in [0.15, 0.2) is 0 Å². The number of methoxy groups -OCH3 is 1. The molecular weight excluding hydrogens is 568 g/mol. The van der Waals surface area contributed by atoms with Crippen molar-refractivity contribution in [2.24, 2.45) is 5.92 Å². The van der Waals surface area contributed by atoms with E-state index in [2.05, 4.69) is 6.07 Å². The minimum absolute atomic E-state index is 0.211. The van der Waals surface area contributed by atoms with Crippen LogP contribution in [0.1, 0.15) is 72.7 Å². The molecule has 4 aromatic rings. The highest BCUT2D eigenvalue weighted by molar-refractivity contribution is 5.89. The number of carbonyl (C=O) groups is 3. The number of carbonyl (C=O) groups excluding carboxylic acids is 2. The van der Waals surface area contributed by atoms with Crippen molar-refractivity contribution in [2.75, 3.05) is 20.2 Å². The van der Waals surface area contributed by atoms with Gasteiger partial charge in [-0.15, -0.1) is 0 Å². The molecule has 2 amide bonds. The maximum Gasteiger partial charge on any atom is 0.410 e. The van der Waals surface area contributed by atoms with Gasteiger partial charge in [0.05, 0.1) is 24.8 Å². The summed E-state index contributed by atoms with van der Waals surface area (Å²) in [6.45, 7) is 7.99. The Morgan fingerprint density at radius 1 is 0.889 bits per heavy atom. The summed E-state index contributed by atoms with van der Waals surface area (Å²) in [5.74, 6) is -1.02. The van der Waals surface area contributed by atoms with E-state index in [9.17, 15) is 19.5 Å². The third-order valence-corrected chi connectivity index (χ3v) is 8.57. The molecule has 1 fully saturated rings. The molecular formula is C37H40N2O6. The van der Waals surface area contributed by atoms with E-state index in [0.717, 1.165) is 27.5 Å². The highest BCUT2D eigenvalue weighted by Crippen LogP contribution is 2.47. The first kappa shape index (κ1) is 31.6. The monoisotopic (exact) mass is 608 g/mol. The summed E-state index contributed by atoms with van der Waals surface area (Å²) in [5, 5.41) is 12.6. The molecule has 5 rings (SSSR count). The molecule has 0 saturated carbocycles. The molecule has 0 aliphatic carbocycles. The number of ether oxygens (including phenoxy) is 2. The summed E-state index contributed by atoms with van der Waals surface area (Å²) in [4.78, 5) is 42.2. The molecule has 1 N–H and O–H groups in total. The van der Waals surface area contributed by atoms with Crippen molar-refractivity contribution in [1.29, 1.82) is 0 Å². The van der Waals surface area contributed by atoms with Crippen LogP contribution in [0.15, 0.2) is 97.1 Å². The lowest BCUT2D eigenvalue weighted by Gasteiger charge is -2.37. The van der Waals surface area contributed by atoms with Gasteiger partial charge in [-0.1, -0.05) is 84.9 Å². The molecule has 1 heterocycles. The van der Waals surface area contributed by atoms with Crippen molar-refractivity contribution in [3.63, 3.8) is 0 Å². The summed E-state index contributed by atoms with van der Waals surface area (Å²) in [6, 6.07) is 29.8. The second-order valence-electron chi connectivity index (χ2n) is 12.6. The van der Waals surface area contributed by atoms with E-state index < -0.39 is 29.8 Å². The van der Waals surface area contributed by atoms with Gasteiger partial charge in [0.1, 0.15) is 5.60 Å². The highest BCUT2D eigenvalue weighted by atomic mass is 16.6. The average Bonchev–Trinajstić information content (AvgIpc) is 3.42. The minimum Gasteiger partial charge on any atom is -0.465 e. The maximum atomic E-state index is 14.1. The Morgan fingerprint density at radius 2 is 1.53 bits per heavy atom. The van der Waals surface area contributed by atoms with Crippen LogP contribution in [0.4, 0.5) is 9.59 Å². The molecule has 45 heavy (non-hydrogen) atoms. The van der Waals surface area contributed by atoms with Crippen molar-refractivity contribution in [3.8, 4) is 0 Å². The number of rotatable bonds is 7. The number of benzene rings is 4. The smallest absolute Gasteiger partial charge is 0.410 e. The number of esters is 1. The summed E-state index contributed by atoms with van der Waals surface area (Å²) < 4.78 is 10.9. The third-order valence-electron chi connectivity index (χ3n) is 8.57. The van der Waals surface area contributed by atoms with Gasteiger partial charge in [0.2, 0.25) is 0 Å². The number of carboxylic acid groups (broad SMARTS) is 1. The van der Waals surface area contributed by atoms with Gasteiger partial charge < -0.3 is 24.4 Å². The summed E-state index contributed by atoms with van der Waals surface area (Å²) in [5.41, 5.74) is 2.33. The van der Waals surface area contributed by atoms with E-state index in [-0.39, 0.29) is 31.0 Å². The third kappa shape index (κ3) is 6.80. The fourth-order valence-electron chi connectivity index (χ4n) is 6.47. The predicted molar refractivity (Wildman–Crippen MR) is 173 cm³/mol. The summed E-state index contributed by atoms with van der Waals surface area (Å²) >= 11 is 0. The van der Waals surface area contributed by atoms with E-state index in [4.69, 9.17) is 9.47 Å². The van der Waals surface area contributed by atoms with E-state index >= 15 is 0 Å². The first-order chi connectivity index (χ1) is 21.5. The van der Waals surface area contributed by atoms with Crippen LogP contribution >= 0.6 is 0 Å². The zero-order valence-electron chi connectivity index (χ0n) is 26.3. The molecule has 1 unspecified atom stereocenters. The topological polar surface area (TPSA) is 96.4 Å². The molecule has 0 spiro atoms. The van der Waals surface area contributed by atoms with Gasteiger partial charge in [-0.25, -0.2) is 14.4 Å². The Bertz CT molecular complexity index is 1660. The number of hydrogen-bond acceptors (Lipinski definition) is 5. The van der Waals surface area contributed by atoms with Crippen LogP contribution in [-0.4, -0.2) is 58.9 Å². The number of amides is 2. The molecule has 1 aliphatic rings. The maximum absolute atomic E-state index is 14.1. The van der Waals surface area contributed by atoms with E-state index in [1.54, 1.807) is 29.2 Å². The lowest BCUT2D eigenvalue weighted by molar-refractivity contribution is 0.0120. The lowest BCUT2D eigenvalue weighted by Crippen LogP contribution is -2.43. The van der Waals surface area contributed by atoms with Crippen molar-refractivity contribution in [3.05, 3.63) is 119 Å². The molecule has 8 nitrogen and oxygen atoms in total. The minimum atomic E-state index is -1.05. The van der Waals surface area contributed by atoms with Gasteiger partial charge in [0, 0.05) is 24.9 Å². The van der Waals surface area contributed by atoms with Crippen LogP contribution in [0.25, 0.3) is 10.8 Å². The lowest BCUT2D eigenvalue weighted by atomic mass is 9.82. The zero-order valence-corrected chi connectivity index (χ0v) is 26.3. The molecule has 0 aromatic heterocycles. The van der Waals surface area contributed by atoms with Gasteiger partial charge in [-0.2, -0.15) is 0 Å². The molecule has 1 saturated heterocycles.